The van der Waals surface area contributed by atoms with Gasteiger partial charge in [-0.2, -0.15) is 11.3 Å². The second kappa shape index (κ2) is 6.70. The third kappa shape index (κ3) is 4.67. The summed E-state index contributed by atoms with van der Waals surface area (Å²) in [6, 6.07) is 9.26. The molecule has 2 rings (SSSR count). The number of carbonyl (C=O) groups is 1. The van der Waals surface area contributed by atoms with E-state index >= 15 is 0 Å². The Balaban J connectivity index is 1.84. The molecule has 0 aliphatic rings. The van der Waals surface area contributed by atoms with Crippen LogP contribution in [0.5, 0.6) is 0 Å². The van der Waals surface area contributed by atoms with Crippen molar-refractivity contribution in [2.75, 3.05) is 18.9 Å². The Morgan fingerprint density at radius 2 is 2.26 bits per heavy atom. The molecule has 1 atom stereocenters. The number of halogens is 1. The lowest BCUT2D eigenvalue weighted by atomic mass is 10.3. The van der Waals surface area contributed by atoms with E-state index < -0.39 is 0 Å². The van der Waals surface area contributed by atoms with Crippen molar-refractivity contribution in [3.05, 3.63) is 51.7 Å². The molecule has 1 aromatic heterocycles. The lowest BCUT2D eigenvalue weighted by Gasteiger charge is -2.13. The molecule has 100 valence electrons. The first kappa shape index (κ1) is 14.1. The molecule has 2 N–H and O–H groups in total. The zero-order chi connectivity index (χ0) is 13.7. The fourth-order valence-corrected chi connectivity index (χ4v) is 2.71. The van der Waals surface area contributed by atoms with E-state index in [-0.39, 0.29) is 5.91 Å². The van der Waals surface area contributed by atoms with Gasteiger partial charge in [-0.15, -0.1) is 0 Å². The average Bonchev–Trinajstić information content (AvgIpc) is 2.81. The molecule has 0 bridgehead atoms. The van der Waals surface area contributed by atoms with Crippen molar-refractivity contribution in [1.29, 1.82) is 0 Å². The Morgan fingerprint density at radius 3 is 2.95 bits per heavy atom. The number of hydrogen-bond acceptors (Lipinski definition) is 2. The van der Waals surface area contributed by atoms with E-state index in [9.17, 15) is 4.79 Å². The minimum Gasteiger partial charge on any atom is -0.326 e. The fourth-order valence-electron chi connectivity index (χ4n) is 1.85. The summed E-state index contributed by atoms with van der Waals surface area (Å²) < 4.78 is 0. The van der Waals surface area contributed by atoms with E-state index in [0.717, 1.165) is 17.1 Å². The zero-order valence-electron chi connectivity index (χ0n) is 10.7. The van der Waals surface area contributed by atoms with Crippen molar-refractivity contribution in [1.82, 2.24) is 0 Å². The molecule has 0 saturated carbocycles. The minimum absolute atomic E-state index is 0.00463. The van der Waals surface area contributed by atoms with Gasteiger partial charge in [-0.1, -0.05) is 17.7 Å². The van der Waals surface area contributed by atoms with Gasteiger partial charge in [0.1, 0.15) is 6.54 Å². The molecule has 1 amide bonds. The molecule has 2 aromatic rings. The van der Waals surface area contributed by atoms with Crippen LogP contribution in [0.2, 0.25) is 5.02 Å². The van der Waals surface area contributed by atoms with E-state index in [1.807, 2.05) is 19.2 Å². The number of carbonyl (C=O) groups excluding carboxylic acids is 1. The number of quaternary nitrogens is 1. The highest BCUT2D eigenvalue weighted by molar-refractivity contribution is 7.07. The predicted octanol–water partition coefficient (Wildman–Crippen LogP) is 2.05. The number of likely N-dealkylation sites (N-methyl/N-ethyl adjacent to an activating group) is 1. The molecule has 1 aromatic carbocycles. The zero-order valence-corrected chi connectivity index (χ0v) is 12.2. The van der Waals surface area contributed by atoms with Gasteiger partial charge in [0.25, 0.3) is 5.91 Å². The summed E-state index contributed by atoms with van der Waals surface area (Å²) in [6.45, 7) is 1.29. The van der Waals surface area contributed by atoms with E-state index in [4.69, 9.17) is 11.6 Å². The number of thiophene rings is 1. The van der Waals surface area contributed by atoms with Crippen molar-refractivity contribution >= 4 is 34.5 Å². The largest absolute Gasteiger partial charge is 0.326 e. The van der Waals surface area contributed by atoms with E-state index in [2.05, 4.69) is 22.1 Å². The van der Waals surface area contributed by atoms with Gasteiger partial charge in [-0.05, 0) is 35.0 Å². The van der Waals surface area contributed by atoms with Crippen molar-refractivity contribution < 1.29 is 9.69 Å². The van der Waals surface area contributed by atoms with Crippen LogP contribution in [0.3, 0.4) is 0 Å². The van der Waals surface area contributed by atoms with Gasteiger partial charge in [-0.3, -0.25) is 4.79 Å². The summed E-state index contributed by atoms with van der Waals surface area (Å²) in [4.78, 5) is 13.0. The maximum absolute atomic E-state index is 11.9. The van der Waals surface area contributed by atoms with Crippen molar-refractivity contribution in [3.63, 3.8) is 0 Å². The minimum atomic E-state index is -0.00463. The van der Waals surface area contributed by atoms with Gasteiger partial charge in [0.05, 0.1) is 7.05 Å². The maximum Gasteiger partial charge on any atom is 0.279 e. The molecule has 1 unspecified atom stereocenters. The fraction of sp³-hybridized carbons (Fsp3) is 0.214. The average molecular weight is 296 g/mol. The number of rotatable bonds is 5. The molecule has 0 aliphatic heterocycles. The summed E-state index contributed by atoms with van der Waals surface area (Å²) >= 11 is 7.55. The topological polar surface area (TPSA) is 33.5 Å². The number of nitrogens with one attached hydrogen (secondary N) is 2. The van der Waals surface area contributed by atoms with Crippen LogP contribution < -0.4 is 10.2 Å². The molecular weight excluding hydrogens is 280 g/mol. The molecule has 19 heavy (non-hydrogen) atoms. The second-order valence-corrected chi connectivity index (χ2v) is 5.72. The second-order valence-electron chi connectivity index (χ2n) is 4.50. The van der Waals surface area contributed by atoms with Gasteiger partial charge in [0, 0.05) is 16.3 Å². The van der Waals surface area contributed by atoms with Crippen LogP contribution in [0, 0.1) is 0 Å². The Hall–Kier alpha value is -1.36. The van der Waals surface area contributed by atoms with E-state index in [1.165, 1.54) is 5.56 Å². The number of anilines is 1. The third-order valence-corrected chi connectivity index (χ3v) is 3.62. The Kier molecular flexibility index (Phi) is 4.96. The number of amides is 1. The van der Waals surface area contributed by atoms with E-state index in [0.29, 0.717) is 11.6 Å². The van der Waals surface area contributed by atoms with Crippen molar-refractivity contribution in [2.24, 2.45) is 0 Å². The van der Waals surface area contributed by atoms with Crippen LogP contribution in [0.15, 0.2) is 41.1 Å². The van der Waals surface area contributed by atoms with Crippen molar-refractivity contribution in [3.8, 4) is 0 Å². The summed E-state index contributed by atoms with van der Waals surface area (Å²) in [5, 5.41) is 7.63. The standard InChI is InChI=1S/C14H15ClN2OS/c1-17(8-11-5-6-19-10-11)9-14(18)16-13-4-2-3-12(15)7-13/h2-7,10H,8-9H2,1H3,(H,16,18)/p+1. The van der Waals surface area contributed by atoms with Gasteiger partial charge in [0.2, 0.25) is 0 Å². The summed E-state index contributed by atoms with van der Waals surface area (Å²) in [5.41, 5.74) is 2.00. The number of hydrogen-bond donors (Lipinski definition) is 2. The molecular formula is C14H16ClN2OS+. The Morgan fingerprint density at radius 1 is 1.42 bits per heavy atom. The normalized spacial score (nSPS) is 12.1. The summed E-state index contributed by atoms with van der Waals surface area (Å²) in [7, 11) is 2.01. The first-order chi connectivity index (χ1) is 9.13. The van der Waals surface area contributed by atoms with Gasteiger partial charge < -0.3 is 10.2 Å². The van der Waals surface area contributed by atoms with Crippen LogP contribution in [-0.2, 0) is 11.3 Å². The first-order valence-electron chi connectivity index (χ1n) is 6.01. The lowest BCUT2D eigenvalue weighted by Crippen LogP contribution is -3.08. The van der Waals surface area contributed by atoms with Gasteiger partial charge >= 0.3 is 0 Å². The molecule has 1 heterocycles. The molecule has 3 nitrogen and oxygen atoms in total. The SMILES string of the molecule is C[NH+](CC(=O)Nc1cccc(Cl)c1)Cc1ccsc1. The van der Waals surface area contributed by atoms with Crippen LogP contribution in [0.1, 0.15) is 5.56 Å². The highest BCUT2D eigenvalue weighted by atomic mass is 35.5. The smallest absolute Gasteiger partial charge is 0.279 e. The molecule has 5 heteroatoms. The summed E-state index contributed by atoms with van der Waals surface area (Å²) in [6.07, 6.45) is 0. The van der Waals surface area contributed by atoms with Gasteiger partial charge in [0.15, 0.2) is 6.54 Å². The van der Waals surface area contributed by atoms with E-state index in [1.54, 1.807) is 23.5 Å². The molecule has 0 fully saturated rings. The van der Waals surface area contributed by atoms with Crippen molar-refractivity contribution in [2.45, 2.75) is 6.54 Å². The monoisotopic (exact) mass is 295 g/mol. The maximum atomic E-state index is 11.9. The van der Waals surface area contributed by atoms with Crippen LogP contribution in [0.4, 0.5) is 5.69 Å². The molecule has 0 aliphatic carbocycles. The first-order valence-corrected chi connectivity index (χ1v) is 7.33. The lowest BCUT2D eigenvalue weighted by molar-refractivity contribution is -0.885. The Labute approximate surface area is 121 Å². The third-order valence-electron chi connectivity index (χ3n) is 2.66. The predicted molar refractivity (Wildman–Crippen MR) is 79.9 cm³/mol. The molecule has 0 saturated heterocycles. The van der Waals surface area contributed by atoms with Crippen LogP contribution in [0.25, 0.3) is 0 Å². The quantitative estimate of drug-likeness (QED) is 0.870. The summed E-state index contributed by atoms with van der Waals surface area (Å²) in [5.74, 6) is -0.00463. The Bertz CT molecular complexity index is 542. The highest BCUT2D eigenvalue weighted by Crippen LogP contribution is 2.14. The molecule has 0 spiro atoms. The van der Waals surface area contributed by atoms with Gasteiger partial charge in [-0.25, -0.2) is 0 Å². The van der Waals surface area contributed by atoms with Crippen LogP contribution >= 0.6 is 22.9 Å². The molecule has 0 radical (unpaired) electrons. The highest BCUT2D eigenvalue weighted by Gasteiger charge is 2.11. The van der Waals surface area contributed by atoms with Crippen LogP contribution in [-0.4, -0.2) is 19.5 Å². The number of benzene rings is 1.